The number of piperazine rings is 1. The van der Waals surface area contributed by atoms with Crippen LogP contribution in [0.2, 0.25) is 0 Å². The Balaban J connectivity index is 1.11. The van der Waals surface area contributed by atoms with Crippen LogP contribution >= 0.6 is 0 Å². The number of nitrogens with zero attached hydrogens (tertiary/aromatic N) is 6. The van der Waals surface area contributed by atoms with Gasteiger partial charge in [0.1, 0.15) is 12.1 Å². The summed E-state index contributed by atoms with van der Waals surface area (Å²) in [6.07, 6.45) is 9.08. The van der Waals surface area contributed by atoms with Crippen molar-refractivity contribution in [3.63, 3.8) is 0 Å². The van der Waals surface area contributed by atoms with Gasteiger partial charge in [0.25, 0.3) is 0 Å². The second-order valence-electron chi connectivity index (χ2n) is 8.99. The van der Waals surface area contributed by atoms with Crippen LogP contribution in [0.3, 0.4) is 0 Å². The Morgan fingerprint density at radius 2 is 1.85 bits per heavy atom. The van der Waals surface area contributed by atoms with Gasteiger partial charge in [-0.2, -0.15) is 0 Å². The number of pyridine rings is 1. The van der Waals surface area contributed by atoms with E-state index in [-0.39, 0.29) is 0 Å². The maximum atomic E-state index is 12.3. The summed E-state index contributed by atoms with van der Waals surface area (Å²) in [5, 5.41) is 3.30. The van der Waals surface area contributed by atoms with E-state index in [1.807, 2.05) is 35.4 Å². The van der Waals surface area contributed by atoms with Crippen molar-refractivity contribution in [2.24, 2.45) is 5.92 Å². The van der Waals surface area contributed by atoms with Crippen molar-refractivity contribution >= 4 is 28.7 Å². The standard InChI is InChI=1S/C25H26N8O/c34-24(18-1-2-18)33-9-7-32(8-10-33)15-17-5-6-28-23(11-17)31-25-29-21-4-3-19(12-22(21)30-25)20-13-26-16-27-14-20/h3-6,11-14,16,18H,1-2,7-10,15H2,(H2,28,29,30,31). The normalized spacial score (nSPS) is 16.6. The molecule has 2 fully saturated rings. The number of benzene rings is 1. The molecule has 1 aliphatic carbocycles. The van der Waals surface area contributed by atoms with E-state index < -0.39 is 0 Å². The molecule has 1 saturated carbocycles. The highest BCUT2D eigenvalue weighted by Gasteiger charge is 2.34. The first-order valence-corrected chi connectivity index (χ1v) is 11.7. The lowest BCUT2D eigenvalue weighted by atomic mass is 10.1. The van der Waals surface area contributed by atoms with Gasteiger partial charge < -0.3 is 15.2 Å². The Labute approximate surface area is 197 Å². The fraction of sp³-hybridized carbons (Fsp3) is 0.320. The van der Waals surface area contributed by atoms with Crippen molar-refractivity contribution < 1.29 is 4.79 Å². The molecule has 0 spiro atoms. The smallest absolute Gasteiger partial charge is 0.225 e. The molecule has 2 aliphatic rings. The maximum Gasteiger partial charge on any atom is 0.225 e. The first-order valence-electron chi connectivity index (χ1n) is 11.7. The number of aromatic amines is 1. The maximum absolute atomic E-state index is 12.3. The molecular formula is C25H26N8O. The third kappa shape index (κ3) is 4.47. The van der Waals surface area contributed by atoms with Crippen LogP contribution in [-0.2, 0) is 11.3 Å². The van der Waals surface area contributed by atoms with Gasteiger partial charge in [0.05, 0.1) is 11.0 Å². The minimum atomic E-state index is 0.303. The molecule has 0 radical (unpaired) electrons. The molecule has 3 aromatic heterocycles. The summed E-state index contributed by atoms with van der Waals surface area (Å²) in [5.41, 5.74) is 4.97. The number of imidazole rings is 1. The summed E-state index contributed by atoms with van der Waals surface area (Å²) in [6, 6.07) is 10.1. The van der Waals surface area contributed by atoms with Crippen LogP contribution in [0, 0.1) is 5.92 Å². The fourth-order valence-electron chi connectivity index (χ4n) is 4.43. The summed E-state index contributed by atoms with van der Waals surface area (Å²) in [7, 11) is 0. The van der Waals surface area contributed by atoms with Crippen LogP contribution in [0.25, 0.3) is 22.2 Å². The molecule has 9 heteroatoms. The van der Waals surface area contributed by atoms with E-state index in [9.17, 15) is 4.79 Å². The summed E-state index contributed by atoms with van der Waals surface area (Å²) in [5.74, 6) is 2.05. The number of H-pyrrole nitrogens is 1. The van der Waals surface area contributed by atoms with Crippen LogP contribution in [0.1, 0.15) is 18.4 Å². The summed E-state index contributed by atoms with van der Waals surface area (Å²) in [4.78, 5) is 37.3. The molecule has 2 N–H and O–H groups in total. The summed E-state index contributed by atoms with van der Waals surface area (Å²) in [6.45, 7) is 4.29. The molecule has 4 aromatic rings. The lowest BCUT2D eigenvalue weighted by Gasteiger charge is -2.34. The Morgan fingerprint density at radius 3 is 2.65 bits per heavy atom. The van der Waals surface area contributed by atoms with Gasteiger partial charge in [-0.15, -0.1) is 0 Å². The van der Waals surface area contributed by atoms with Crippen LogP contribution in [-0.4, -0.2) is 66.8 Å². The molecule has 6 rings (SSSR count). The zero-order valence-electron chi connectivity index (χ0n) is 18.8. The molecule has 1 amide bonds. The average molecular weight is 455 g/mol. The first kappa shape index (κ1) is 20.7. The average Bonchev–Trinajstić information content (AvgIpc) is 3.64. The second-order valence-corrected chi connectivity index (χ2v) is 8.99. The fourth-order valence-corrected chi connectivity index (χ4v) is 4.43. The third-order valence-corrected chi connectivity index (χ3v) is 6.46. The molecule has 1 saturated heterocycles. The molecular weight excluding hydrogens is 428 g/mol. The molecule has 4 heterocycles. The van der Waals surface area contributed by atoms with Crippen molar-refractivity contribution in [2.45, 2.75) is 19.4 Å². The largest absolute Gasteiger partial charge is 0.340 e. The lowest BCUT2D eigenvalue weighted by molar-refractivity contribution is -0.134. The quantitative estimate of drug-likeness (QED) is 0.461. The van der Waals surface area contributed by atoms with Crippen LogP contribution < -0.4 is 5.32 Å². The minimum Gasteiger partial charge on any atom is -0.340 e. The van der Waals surface area contributed by atoms with E-state index in [1.165, 1.54) is 11.9 Å². The van der Waals surface area contributed by atoms with Crippen LogP contribution in [0.15, 0.2) is 55.2 Å². The van der Waals surface area contributed by atoms with Gasteiger partial charge >= 0.3 is 0 Å². The Kier molecular flexibility index (Phi) is 5.38. The van der Waals surface area contributed by atoms with Gasteiger partial charge in [0.15, 0.2) is 0 Å². The number of fused-ring (bicyclic) bond motifs is 1. The minimum absolute atomic E-state index is 0.303. The first-order chi connectivity index (χ1) is 16.7. The predicted octanol–water partition coefficient (Wildman–Crippen LogP) is 3.21. The zero-order valence-corrected chi connectivity index (χ0v) is 18.8. The molecule has 1 aromatic carbocycles. The lowest BCUT2D eigenvalue weighted by Crippen LogP contribution is -2.48. The van der Waals surface area contributed by atoms with Gasteiger partial charge in [-0.05, 0) is 48.2 Å². The third-order valence-electron chi connectivity index (χ3n) is 6.46. The summed E-state index contributed by atoms with van der Waals surface area (Å²) < 4.78 is 0. The number of carbonyl (C=O) groups excluding carboxylic acids is 1. The van der Waals surface area contributed by atoms with Gasteiger partial charge in [0, 0.05) is 62.8 Å². The SMILES string of the molecule is O=C(C1CC1)N1CCN(Cc2ccnc(Nc3nc4ccc(-c5cncnc5)cc4[nH]3)c2)CC1. The number of carbonyl (C=O) groups is 1. The number of nitrogens with one attached hydrogen (secondary N) is 2. The van der Waals surface area contributed by atoms with Crippen LogP contribution in [0.4, 0.5) is 11.8 Å². The Morgan fingerprint density at radius 1 is 1.03 bits per heavy atom. The molecule has 1 aliphatic heterocycles. The Hall–Kier alpha value is -3.85. The van der Waals surface area contributed by atoms with E-state index in [2.05, 4.69) is 41.2 Å². The summed E-state index contributed by atoms with van der Waals surface area (Å²) >= 11 is 0. The molecule has 0 bridgehead atoms. The number of amides is 1. The predicted molar refractivity (Wildman–Crippen MR) is 129 cm³/mol. The molecule has 9 nitrogen and oxygen atoms in total. The van der Waals surface area contributed by atoms with Gasteiger partial charge in [0.2, 0.25) is 11.9 Å². The van der Waals surface area contributed by atoms with Crippen molar-refractivity contribution in [1.82, 2.24) is 34.7 Å². The van der Waals surface area contributed by atoms with Crippen LogP contribution in [0.5, 0.6) is 0 Å². The van der Waals surface area contributed by atoms with E-state index in [0.29, 0.717) is 17.8 Å². The molecule has 172 valence electrons. The number of hydrogen-bond donors (Lipinski definition) is 2. The van der Waals surface area contributed by atoms with Crippen molar-refractivity contribution in [3.8, 4) is 11.1 Å². The van der Waals surface area contributed by atoms with Gasteiger partial charge in [-0.1, -0.05) is 6.07 Å². The van der Waals surface area contributed by atoms with Gasteiger partial charge in [-0.3, -0.25) is 9.69 Å². The van der Waals surface area contributed by atoms with Gasteiger partial charge in [-0.25, -0.2) is 19.9 Å². The van der Waals surface area contributed by atoms with E-state index >= 15 is 0 Å². The molecule has 0 unspecified atom stereocenters. The number of aromatic nitrogens is 5. The Bertz CT molecular complexity index is 1310. The number of anilines is 2. The van der Waals surface area contributed by atoms with E-state index in [1.54, 1.807) is 12.4 Å². The highest BCUT2D eigenvalue weighted by molar-refractivity contribution is 5.83. The topological polar surface area (TPSA) is 103 Å². The van der Waals surface area contributed by atoms with E-state index in [4.69, 9.17) is 0 Å². The van der Waals surface area contributed by atoms with Crippen molar-refractivity contribution in [2.75, 3.05) is 31.5 Å². The molecule has 34 heavy (non-hydrogen) atoms. The highest BCUT2D eigenvalue weighted by atomic mass is 16.2. The van der Waals surface area contributed by atoms with Crippen molar-refractivity contribution in [3.05, 3.63) is 60.8 Å². The number of hydrogen-bond acceptors (Lipinski definition) is 7. The second kappa shape index (κ2) is 8.83. The zero-order chi connectivity index (χ0) is 22.9. The van der Waals surface area contributed by atoms with E-state index in [0.717, 1.165) is 73.5 Å². The molecule has 0 atom stereocenters. The van der Waals surface area contributed by atoms with Crippen molar-refractivity contribution in [1.29, 1.82) is 0 Å². The number of rotatable bonds is 6. The highest BCUT2D eigenvalue weighted by Crippen LogP contribution is 2.31. The monoisotopic (exact) mass is 454 g/mol.